The number of rotatable bonds is 2. The van der Waals surface area contributed by atoms with Crippen LogP contribution in [0.1, 0.15) is 5.56 Å². The molecule has 0 N–H and O–H groups in total. The first kappa shape index (κ1) is 11.3. The summed E-state index contributed by atoms with van der Waals surface area (Å²) in [5.41, 5.74) is -0.422. The summed E-state index contributed by atoms with van der Waals surface area (Å²) in [4.78, 5) is 22.9. The summed E-state index contributed by atoms with van der Waals surface area (Å²) >= 11 is 0. The van der Waals surface area contributed by atoms with Crippen molar-refractivity contribution in [3.05, 3.63) is 68.7 Å². The Balaban J connectivity index is 2.45. The Morgan fingerprint density at radius 3 is 2.59 bits per heavy atom. The molecule has 0 amide bonds. The highest BCUT2D eigenvalue weighted by Crippen LogP contribution is 2.06. The maximum Gasteiger partial charge on any atom is 0.331 e. The normalized spacial score (nSPS) is 10.5. The highest BCUT2D eigenvalue weighted by atomic mass is 19.1. The molecule has 88 valence electrons. The first-order chi connectivity index (χ1) is 8.09. The molecule has 0 unspecified atom stereocenters. The molecule has 0 aliphatic heterocycles. The first-order valence-electron chi connectivity index (χ1n) is 5.09. The quantitative estimate of drug-likeness (QED) is 0.769. The molecule has 2 rings (SSSR count). The van der Waals surface area contributed by atoms with Crippen LogP contribution in [0.2, 0.25) is 0 Å². The van der Waals surface area contributed by atoms with E-state index in [4.69, 9.17) is 0 Å². The summed E-state index contributed by atoms with van der Waals surface area (Å²) in [7, 11) is 1.39. The maximum atomic E-state index is 13.4. The van der Waals surface area contributed by atoms with Crippen LogP contribution in [0, 0.1) is 5.82 Å². The summed E-state index contributed by atoms with van der Waals surface area (Å²) in [6, 6.07) is 7.51. The van der Waals surface area contributed by atoms with Gasteiger partial charge >= 0.3 is 5.69 Å². The molecule has 1 heterocycles. The molecule has 0 saturated carbocycles. The lowest BCUT2D eigenvalue weighted by Crippen LogP contribution is -2.37. The highest BCUT2D eigenvalue weighted by molar-refractivity contribution is 5.17. The van der Waals surface area contributed by atoms with Gasteiger partial charge in [-0.1, -0.05) is 18.2 Å². The molecule has 0 saturated heterocycles. The fourth-order valence-corrected chi connectivity index (χ4v) is 1.55. The standard InChI is InChI=1S/C12H11FN2O2/c1-14-11(16)6-7-15(12(14)17)8-9-4-2-3-5-10(9)13/h2-7H,8H2,1H3. The van der Waals surface area contributed by atoms with Gasteiger partial charge in [0.2, 0.25) is 0 Å². The number of hydrogen-bond donors (Lipinski definition) is 0. The van der Waals surface area contributed by atoms with Crippen molar-refractivity contribution in [2.75, 3.05) is 0 Å². The predicted octanol–water partition coefficient (Wildman–Crippen LogP) is 0.734. The van der Waals surface area contributed by atoms with E-state index in [1.165, 1.54) is 29.9 Å². The van der Waals surface area contributed by atoms with Crippen LogP contribution in [0.5, 0.6) is 0 Å². The van der Waals surface area contributed by atoms with Gasteiger partial charge in [0.15, 0.2) is 0 Å². The van der Waals surface area contributed by atoms with Gasteiger partial charge in [-0.25, -0.2) is 9.18 Å². The zero-order valence-electron chi connectivity index (χ0n) is 9.26. The fourth-order valence-electron chi connectivity index (χ4n) is 1.55. The van der Waals surface area contributed by atoms with Crippen LogP contribution < -0.4 is 11.2 Å². The van der Waals surface area contributed by atoms with E-state index >= 15 is 0 Å². The Morgan fingerprint density at radius 2 is 1.88 bits per heavy atom. The van der Waals surface area contributed by atoms with Gasteiger partial charge < -0.3 is 0 Å². The lowest BCUT2D eigenvalue weighted by molar-refractivity contribution is 0.582. The van der Waals surface area contributed by atoms with Gasteiger partial charge in [-0.15, -0.1) is 0 Å². The largest absolute Gasteiger partial charge is 0.331 e. The maximum absolute atomic E-state index is 13.4. The molecule has 4 nitrogen and oxygen atoms in total. The molecule has 0 aliphatic carbocycles. The average Bonchev–Trinajstić information content (AvgIpc) is 2.32. The molecule has 5 heteroatoms. The Bertz CT molecular complexity index is 658. The zero-order chi connectivity index (χ0) is 12.4. The number of benzene rings is 1. The van der Waals surface area contributed by atoms with Gasteiger partial charge in [-0.05, 0) is 6.07 Å². The van der Waals surface area contributed by atoms with Crippen LogP contribution in [0.15, 0.2) is 46.1 Å². The topological polar surface area (TPSA) is 44.0 Å². The minimum Gasteiger partial charge on any atom is -0.296 e. The molecule has 17 heavy (non-hydrogen) atoms. The van der Waals surface area contributed by atoms with Gasteiger partial charge in [0.1, 0.15) is 5.82 Å². The number of halogens is 1. The Morgan fingerprint density at radius 1 is 1.18 bits per heavy atom. The van der Waals surface area contributed by atoms with Crippen molar-refractivity contribution >= 4 is 0 Å². The number of aromatic nitrogens is 2. The lowest BCUT2D eigenvalue weighted by atomic mass is 10.2. The van der Waals surface area contributed by atoms with E-state index in [1.807, 2.05) is 0 Å². The molecule has 0 aliphatic rings. The summed E-state index contributed by atoms with van der Waals surface area (Å²) in [6.07, 6.45) is 1.37. The Labute approximate surface area is 96.6 Å². The summed E-state index contributed by atoms with van der Waals surface area (Å²) in [6.45, 7) is 0.111. The van der Waals surface area contributed by atoms with E-state index in [2.05, 4.69) is 0 Å². The van der Waals surface area contributed by atoms with Gasteiger partial charge in [0, 0.05) is 24.9 Å². The minimum atomic E-state index is -0.458. The van der Waals surface area contributed by atoms with E-state index in [9.17, 15) is 14.0 Å². The molecular formula is C12H11FN2O2. The second-order valence-corrected chi connectivity index (χ2v) is 3.71. The third-order valence-electron chi connectivity index (χ3n) is 2.56. The molecule has 0 bridgehead atoms. The van der Waals surface area contributed by atoms with Crippen molar-refractivity contribution in [1.29, 1.82) is 0 Å². The van der Waals surface area contributed by atoms with Crippen molar-refractivity contribution in [3.8, 4) is 0 Å². The van der Waals surface area contributed by atoms with Crippen LogP contribution in [-0.4, -0.2) is 9.13 Å². The van der Waals surface area contributed by atoms with Gasteiger partial charge in [-0.2, -0.15) is 0 Å². The van der Waals surface area contributed by atoms with E-state index in [0.717, 1.165) is 4.57 Å². The molecule has 1 aromatic heterocycles. The smallest absolute Gasteiger partial charge is 0.296 e. The summed E-state index contributed by atoms with van der Waals surface area (Å²) in [5, 5.41) is 0. The van der Waals surface area contributed by atoms with Crippen molar-refractivity contribution in [3.63, 3.8) is 0 Å². The lowest BCUT2D eigenvalue weighted by Gasteiger charge is -2.07. The van der Waals surface area contributed by atoms with Crippen LogP contribution in [0.3, 0.4) is 0 Å². The van der Waals surface area contributed by atoms with Crippen LogP contribution in [0.25, 0.3) is 0 Å². The minimum absolute atomic E-state index is 0.111. The molecule has 1 aromatic carbocycles. The van der Waals surface area contributed by atoms with Crippen molar-refractivity contribution in [2.24, 2.45) is 7.05 Å². The van der Waals surface area contributed by atoms with Crippen molar-refractivity contribution in [1.82, 2.24) is 9.13 Å². The first-order valence-corrected chi connectivity index (χ1v) is 5.09. The van der Waals surface area contributed by atoms with Gasteiger partial charge in [0.05, 0.1) is 6.54 Å². The molecule has 2 aromatic rings. The van der Waals surface area contributed by atoms with Crippen LogP contribution in [0.4, 0.5) is 4.39 Å². The number of hydrogen-bond acceptors (Lipinski definition) is 2. The average molecular weight is 234 g/mol. The molecule has 0 spiro atoms. The van der Waals surface area contributed by atoms with Gasteiger partial charge in [0.25, 0.3) is 5.56 Å². The number of nitrogens with zero attached hydrogens (tertiary/aromatic N) is 2. The summed E-state index contributed by atoms with van der Waals surface area (Å²) < 4.78 is 15.7. The Kier molecular flexibility index (Phi) is 2.91. The fraction of sp³-hybridized carbons (Fsp3) is 0.167. The van der Waals surface area contributed by atoms with Gasteiger partial charge in [-0.3, -0.25) is 13.9 Å². The zero-order valence-corrected chi connectivity index (χ0v) is 9.26. The van der Waals surface area contributed by atoms with E-state index in [0.29, 0.717) is 5.56 Å². The molecular weight excluding hydrogens is 223 g/mol. The monoisotopic (exact) mass is 234 g/mol. The molecule has 0 atom stereocenters. The summed E-state index contributed by atoms with van der Waals surface area (Å²) in [5.74, 6) is -0.367. The predicted molar refractivity (Wildman–Crippen MR) is 61.4 cm³/mol. The molecule has 0 fully saturated rings. The van der Waals surface area contributed by atoms with E-state index in [1.54, 1.807) is 18.2 Å². The van der Waals surface area contributed by atoms with E-state index in [-0.39, 0.29) is 17.9 Å². The highest BCUT2D eigenvalue weighted by Gasteiger charge is 2.05. The van der Waals surface area contributed by atoms with E-state index < -0.39 is 5.69 Å². The third kappa shape index (κ3) is 2.18. The van der Waals surface area contributed by atoms with Crippen LogP contribution in [-0.2, 0) is 13.6 Å². The molecule has 0 radical (unpaired) electrons. The third-order valence-corrected chi connectivity index (χ3v) is 2.56. The Hall–Kier alpha value is -2.17. The SMILES string of the molecule is Cn1c(=O)ccn(Cc2ccccc2F)c1=O. The second kappa shape index (κ2) is 4.37. The van der Waals surface area contributed by atoms with Crippen molar-refractivity contribution in [2.45, 2.75) is 6.54 Å². The second-order valence-electron chi connectivity index (χ2n) is 3.71. The van der Waals surface area contributed by atoms with Crippen LogP contribution >= 0.6 is 0 Å². The van der Waals surface area contributed by atoms with Crippen molar-refractivity contribution < 1.29 is 4.39 Å².